The second-order valence-corrected chi connectivity index (χ2v) is 20.8. The molecule has 0 aromatic rings. The molecule has 0 heterocycles. The Morgan fingerprint density at radius 1 is 0.971 bits per heavy atom. The SMILES string of the molecule is CC(C)CCCC(C)C1CCC2C3CC=C4C[C@@H](O[Si](C)(C)C(C)(C)C)CC[C@]4(C)C3CC[C@]12C. The summed E-state index contributed by atoms with van der Waals surface area (Å²) in [4.78, 5) is 0. The lowest BCUT2D eigenvalue weighted by atomic mass is 9.47. The highest BCUT2D eigenvalue weighted by Gasteiger charge is 2.59. The van der Waals surface area contributed by atoms with Gasteiger partial charge in [0.15, 0.2) is 8.32 Å². The van der Waals surface area contributed by atoms with Gasteiger partial charge in [0.05, 0.1) is 0 Å². The van der Waals surface area contributed by atoms with Crippen LogP contribution in [0.2, 0.25) is 18.1 Å². The van der Waals surface area contributed by atoms with Crippen molar-refractivity contribution >= 4 is 8.32 Å². The van der Waals surface area contributed by atoms with Crippen molar-refractivity contribution < 1.29 is 4.43 Å². The molecular weight excluding hydrogens is 440 g/mol. The van der Waals surface area contributed by atoms with Gasteiger partial charge < -0.3 is 4.43 Å². The summed E-state index contributed by atoms with van der Waals surface area (Å²) >= 11 is 0. The molecule has 4 aliphatic rings. The van der Waals surface area contributed by atoms with Crippen LogP contribution in [0.3, 0.4) is 0 Å². The number of hydrogen-bond acceptors (Lipinski definition) is 1. The Labute approximate surface area is 220 Å². The summed E-state index contributed by atoms with van der Waals surface area (Å²) in [5.41, 5.74) is 2.83. The van der Waals surface area contributed by atoms with Crippen molar-refractivity contribution in [2.75, 3.05) is 0 Å². The molecule has 0 saturated heterocycles. The predicted octanol–water partition coefficient (Wildman–Crippen LogP) is 10.4. The van der Waals surface area contributed by atoms with Gasteiger partial charge in [-0.25, -0.2) is 0 Å². The second kappa shape index (κ2) is 9.90. The molecule has 3 fully saturated rings. The molecule has 1 nitrogen and oxygen atoms in total. The maximum Gasteiger partial charge on any atom is 0.192 e. The molecule has 202 valence electrons. The monoisotopic (exact) mass is 500 g/mol. The number of hydrogen-bond donors (Lipinski definition) is 0. The van der Waals surface area contributed by atoms with Crippen LogP contribution in [0.1, 0.15) is 126 Å². The van der Waals surface area contributed by atoms with Crippen LogP contribution in [0.5, 0.6) is 0 Å². The van der Waals surface area contributed by atoms with Crippen LogP contribution in [0.25, 0.3) is 0 Å². The summed E-state index contributed by atoms with van der Waals surface area (Å²) in [6, 6.07) is 0. The van der Waals surface area contributed by atoms with Crippen molar-refractivity contribution in [2.45, 2.75) is 150 Å². The average molecular weight is 501 g/mol. The highest BCUT2D eigenvalue weighted by molar-refractivity contribution is 6.74. The zero-order valence-corrected chi connectivity index (χ0v) is 26.3. The van der Waals surface area contributed by atoms with Gasteiger partial charge in [-0.3, -0.25) is 0 Å². The molecule has 2 heteroatoms. The van der Waals surface area contributed by atoms with Gasteiger partial charge in [-0.2, -0.15) is 0 Å². The zero-order valence-electron chi connectivity index (χ0n) is 25.3. The maximum absolute atomic E-state index is 6.94. The summed E-state index contributed by atoms with van der Waals surface area (Å²) in [6.07, 6.45) is 18.7. The minimum absolute atomic E-state index is 0.304. The summed E-state index contributed by atoms with van der Waals surface area (Å²) < 4.78 is 6.94. The Morgan fingerprint density at radius 2 is 1.69 bits per heavy atom. The minimum atomic E-state index is -1.70. The maximum atomic E-state index is 6.94. The van der Waals surface area contributed by atoms with Crippen molar-refractivity contribution in [3.63, 3.8) is 0 Å². The van der Waals surface area contributed by atoms with Crippen molar-refractivity contribution in [3.05, 3.63) is 11.6 Å². The van der Waals surface area contributed by atoms with Gasteiger partial charge in [-0.05, 0) is 116 Å². The van der Waals surface area contributed by atoms with Gasteiger partial charge in [0.1, 0.15) is 0 Å². The third-order valence-corrected chi connectivity index (χ3v) is 17.1. The Hall–Kier alpha value is -0.0831. The fourth-order valence-electron chi connectivity index (χ4n) is 9.35. The number of fused-ring (bicyclic) bond motifs is 5. The van der Waals surface area contributed by atoms with E-state index in [1.165, 1.54) is 70.6 Å². The second-order valence-electron chi connectivity index (χ2n) is 16.0. The van der Waals surface area contributed by atoms with E-state index in [4.69, 9.17) is 4.43 Å². The zero-order chi connectivity index (χ0) is 25.8. The number of allylic oxidation sites excluding steroid dienone is 1. The third kappa shape index (κ3) is 5.15. The molecule has 8 atom stereocenters. The lowest BCUT2D eigenvalue weighted by Gasteiger charge is -2.59. The van der Waals surface area contributed by atoms with Gasteiger partial charge in [-0.15, -0.1) is 0 Å². The normalized spacial score (nSPS) is 40.7. The Kier molecular flexibility index (Phi) is 7.91. The fraction of sp³-hybridized carbons (Fsp3) is 0.939. The topological polar surface area (TPSA) is 9.23 Å². The Morgan fingerprint density at radius 3 is 2.34 bits per heavy atom. The molecule has 0 aromatic heterocycles. The minimum Gasteiger partial charge on any atom is -0.414 e. The van der Waals surface area contributed by atoms with Crippen molar-refractivity contribution in [1.29, 1.82) is 0 Å². The largest absolute Gasteiger partial charge is 0.414 e. The smallest absolute Gasteiger partial charge is 0.192 e. The van der Waals surface area contributed by atoms with E-state index in [-0.39, 0.29) is 0 Å². The first-order valence-corrected chi connectivity index (χ1v) is 18.5. The quantitative estimate of drug-likeness (QED) is 0.249. The Balaban J connectivity index is 1.45. The first-order chi connectivity index (χ1) is 16.2. The van der Waals surface area contributed by atoms with Crippen molar-refractivity contribution in [1.82, 2.24) is 0 Å². The highest BCUT2D eigenvalue weighted by atomic mass is 28.4. The molecule has 0 bridgehead atoms. The van der Waals surface area contributed by atoms with Gasteiger partial charge in [0.25, 0.3) is 0 Å². The standard InChI is InChI=1S/C33H60OSi/c1-23(2)12-11-13-24(3)28-16-17-29-27-15-14-25-22-26(34-35(9,10)31(4,5)6)18-20-32(25,7)30(27)19-21-33(28,29)8/h14,23-24,26-30H,11-13,15-22H2,1-10H3/t24?,26-,27?,28?,29?,30?,32-,33+/m0/s1. The first kappa shape index (κ1) is 27.9. The lowest BCUT2D eigenvalue weighted by molar-refractivity contribution is -0.0565. The molecule has 0 radical (unpaired) electrons. The molecule has 4 aliphatic carbocycles. The summed E-state index contributed by atoms with van der Waals surface area (Å²) in [7, 11) is -1.70. The number of rotatable bonds is 7. The summed E-state index contributed by atoms with van der Waals surface area (Å²) in [5, 5.41) is 0.304. The van der Waals surface area contributed by atoms with Crippen LogP contribution in [-0.4, -0.2) is 14.4 Å². The van der Waals surface area contributed by atoms with E-state index in [1.807, 2.05) is 0 Å². The van der Waals surface area contributed by atoms with Gasteiger partial charge in [0, 0.05) is 6.10 Å². The van der Waals surface area contributed by atoms with E-state index in [0.29, 0.717) is 22.0 Å². The van der Waals surface area contributed by atoms with E-state index in [0.717, 1.165) is 35.5 Å². The predicted molar refractivity (Wildman–Crippen MR) is 155 cm³/mol. The highest BCUT2D eigenvalue weighted by Crippen LogP contribution is 2.67. The van der Waals surface area contributed by atoms with Crippen LogP contribution >= 0.6 is 0 Å². The van der Waals surface area contributed by atoms with Crippen LogP contribution in [0.15, 0.2) is 11.6 Å². The molecule has 0 aliphatic heterocycles. The van der Waals surface area contributed by atoms with Crippen LogP contribution in [0.4, 0.5) is 0 Å². The van der Waals surface area contributed by atoms with E-state index in [9.17, 15) is 0 Å². The molecule has 35 heavy (non-hydrogen) atoms. The lowest BCUT2D eigenvalue weighted by Crippen LogP contribution is -2.52. The molecule has 4 rings (SSSR count). The Bertz CT molecular complexity index is 774. The van der Waals surface area contributed by atoms with E-state index >= 15 is 0 Å². The fourth-order valence-corrected chi connectivity index (χ4v) is 10.7. The first-order valence-electron chi connectivity index (χ1n) is 15.6. The molecule has 0 N–H and O–H groups in total. The van der Waals surface area contributed by atoms with Crippen LogP contribution < -0.4 is 0 Å². The third-order valence-electron chi connectivity index (χ3n) is 12.5. The van der Waals surface area contributed by atoms with E-state index < -0.39 is 8.32 Å². The van der Waals surface area contributed by atoms with Crippen LogP contribution in [-0.2, 0) is 4.43 Å². The molecular formula is C33H60OSi. The van der Waals surface area contributed by atoms with Gasteiger partial charge in [0.2, 0.25) is 0 Å². The molecule has 0 spiro atoms. The van der Waals surface area contributed by atoms with Crippen LogP contribution in [0, 0.1) is 46.3 Å². The molecule has 0 aromatic carbocycles. The average Bonchev–Trinajstić information content (AvgIpc) is 3.10. The molecule has 0 amide bonds. The van der Waals surface area contributed by atoms with Crippen molar-refractivity contribution in [3.8, 4) is 0 Å². The summed E-state index contributed by atoms with van der Waals surface area (Å²) in [6.45, 7) is 24.8. The van der Waals surface area contributed by atoms with Crippen molar-refractivity contribution in [2.24, 2.45) is 46.3 Å². The van der Waals surface area contributed by atoms with Gasteiger partial charge in [-0.1, -0.05) is 86.3 Å². The molecule has 3 saturated carbocycles. The summed E-state index contributed by atoms with van der Waals surface area (Å²) in [5.74, 6) is 5.56. The molecule has 5 unspecified atom stereocenters. The van der Waals surface area contributed by atoms with E-state index in [2.05, 4.69) is 74.6 Å². The van der Waals surface area contributed by atoms with E-state index in [1.54, 1.807) is 5.57 Å². The van der Waals surface area contributed by atoms with Gasteiger partial charge >= 0.3 is 0 Å².